The van der Waals surface area contributed by atoms with Gasteiger partial charge >= 0.3 is 0 Å². The Hall–Kier alpha value is 0.430. The van der Waals surface area contributed by atoms with E-state index in [1.807, 2.05) is 27.7 Å². The lowest BCUT2D eigenvalue weighted by Gasteiger charge is -1.86. The smallest absolute Gasteiger partial charge is 0.0321 e. The molecule has 0 aromatic rings. The van der Waals surface area contributed by atoms with Gasteiger partial charge in [0.25, 0.3) is 0 Å². The van der Waals surface area contributed by atoms with Crippen LogP contribution >= 0.6 is 9.24 Å². The number of rotatable bonds is 3. The van der Waals surface area contributed by atoms with E-state index in [2.05, 4.69) is 36.9 Å². The van der Waals surface area contributed by atoms with Crippen molar-refractivity contribution < 1.29 is 0 Å². The maximum atomic E-state index is 2.66. The maximum Gasteiger partial charge on any atom is -0.0321 e. The minimum Gasteiger partial charge on any atom is -0.135 e. The first-order chi connectivity index (χ1) is 6.65. The lowest BCUT2D eigenvalue weighted by atomic mass is 10.2. The minimum absolute atomic E-state index is 0.750. The van der Waals surface area contributed by atoms with Crippen molar-refractivity contribution in [2.24, 2.45) is 0 Å². The zero-order valence-corrected chi connectivity index (χ0v) is 13.1. The summed E-state index contributed by atoms with van der Waals surface area (Å²) in [4.78, 5) is 0. The molecule has 0 heterocycles. The lowest BCUT2D eigenvalue weighted by Crippen LogP contribution is -1.69. The average molecular weight is 222 g/mol. The van der Waals surface area contributed by atoms with Crippen LogP contribution in [0, 0.1) is 0 Å². The van der Waals surface area contributed by atoms with E-state index in [-0.39, 0.29) is 0 Å². The average Bonchev–Trinajstić information content (AvgIpc) is 2.20. The van der Waals surface area contributed by atoms with Gasteiger partial charge in [-0.3, -0.25) is 0 Å². The molecule has 0 bridgehead atoms. The first kappa shape index (κ1) is 23.9. The summed E-state index contributed by atoms with van der Waals surface area (Å²) in [6.07, 6.45) is 5.54. The fourth-order valence-corrected chi connectivity index (χ4v) is 0.500. The highest BCUT2D eigenvalue weighted by molar-refractivity contribution is 7.17. The van der Waals surface area contributed by atoms with Crippen molar-refractivity contribution in [1.82, 2.24) is 0 Å². The summed E-state index contributed by atoms with van der Waals surface area (Å²) in [6, 6.07) is 0. The molecule has 0 aromatic heterocycles. The van der Waals surface area contributed by atoms with E-state index in [1.165, 1.54) is 25.7 Å². The van der Waals surface area contributed by atoms with Crippen molar-refractivity contribution in [3.05, 3.63) is 0 Å². The lowest BCUT2D eigenvalue weighted by molar-refractivity contribution is 0.702. The molecule has 0 fully saturated rings. The van der Waals surface area contributed by atoms with Crippen LogP contribution in [0.2, 0.25) is 0 Å². The molecule has 0 rings (SSSR count). The summed E-state index contributed by atoms with van der Waals surface area (Å²) in [5.74, 6) is 0. The molecular formula is C13H35P. The van der Waals surface area contributed by atoms with Crippen LogP contribution in [0.1, 0.15) is 81.1 Å². The standard InChI is InChI=1S/C6H14.C3H9P.2C2H6/c1-3-5-6-4-2;1-3(2)4;2*1-2/h3-6H2,1-2H3;3H,4H2,1-2H3;2*1-2H3. The van der Waals surface area contributed by atoms with Crippen LogP contribution in [-0.2, 0) is 0 Å². The van der Waals surface area contributed by atoms with Crippen molar-refractivity contribution in [3.63, 3.8) is 0 Å². The predicted octanol–water partition coefficient (Wildman–Crippen LogP) is 5.91. The van der Waals surface area contributed by atoms with Crippen molar-refractivity contribution in [3.8, 4) is 0 Å². The summed E-state index contributed by atoms with van der Waals surface area (Å²) in [5, 5.41) is 0. The highest BCUT2D eigenvalue weighted by Crippen LogP contribution is 1.95. The molecule has 0 aliphatic heterocycles. The number of hydrogen-bond acceptors (Lipinski definition) is 0. The van der Waals surface area contributed by atoms with E-state index in [1.54, 1.807) is 0 Å². The van der Waals surface area contributed by atoms with Crippen LogP contribution in [0.3, 0.4) is 0 Å². The van der Waals surface area contributed by atoms with Gasteiger partial charge in [0.2, 0.25) is 0 Å². The second-order valence-corrected chi connectivity index (χ2v) is 4.28. The molecule has 0 nitrogen and oxygen atoms in total. The first-order valence-electron chi connectivity index (χ1n) is 6.40. The highest BCUT2D eigenvalue weighted by atomic mass is 31.0. The Morgan fingerprint density at radius 1 is 0.786 bits per heavy atom. The molecule has 0 aliphatic carbocycles. The molecule has 14 heavy (non-hydrogen) atoms. The quantitative estimate of drug-likeness (QED) is 0.411. The van der Waals surface area contributed by atoms with Crippen molar-refractivity contribution >= 4 is 9.24 Å². The number of hydrogen-bond donors (Lipinski definition) is 0. The van der Waals surface area contributed by atoms with Crippen LogP contribution in [0.4, 0.5) is 0 Å². The molecule has 0 amide bonds. The van der Waals surface area contributed by atoms with E-state index < -0.39 is 0 Å². The van der Waals surface area contributed by atoms with Gasteiger partial charge in [-0.2, -0.15) is 0 Å². The van der Waals surface area contributed by atoms with Crippen LogP contribution in [0.15, 0.2) is 0 Å². The topological polar surface area (TPSA) is 0 Å². The van der Waals surface area contributed by atoms with Crippen LogP contribution < -0.4 is 0 Å². The Balaban J connectivity index is -0.0000000546. The molecular weight excluding hydrogens is 187 g/mol. The summed E-state index contributed by atoms with van der Waals surface area (Å²) in [7, 11) is 2.66. The Morgan fingerprint density at radius 3 is 1.00 bits per heavy atom. The van der Waals surface area contributed by atoms with Gasteiger partial charge in [-0.05, 0) is 5.66 Å². The fraction of sp³-hybridized carbons (Fsp3) is 1.00. The summed E-state index contributed by atoms with van der Waals surface area (Å²) in [6.45, 7) is 16.7. The van der Waals surface area contributed by atoms with Gasteiger partial charge < -0.3 is 0 Å². The molecule has 0 saturated carbocycles. The van der Waals surface area contributed by atoms with Gasteiger partial charge in [0.15, 0.2) is 0 Å². The third-order valence-electron chi connectivity index (χ3n) is 0.957. The van der Waals surface area contributed by atoms with E-state index in [0.29, 0.717) is 0 Å². The Kier molecular flexibility index (Phi) is 64.2. The largest absolute Gasteiger partial charge is 0.135 e. The van der Waals surface area contributed by atoms with Crippen molar-refractivity contribution in [1.29, 1.82) is 0 Å². The summed E-state index contributed by atoms with van der Waals surface area (Å²) in [5.41, 5.74) is 0.750. The molecule has 1 heteroatoms. The fourth-order valence-electron chi connectivity index (χ4n) is 0.500. The van der Waals surface area contributed by atoms with Gasteiger partial charge in [-0.1, -0.05) is 81.1 Å². The molecule has 0 spiro atoms. The summed E-state index contributed by atoms with van der Waals surface area (Å²) >= 11 is 0. The van der Waals surface area contributed by atoms with Crippen LogP contribution in [0.5, 0.6) is 0 Å². The molecule has 1 atom stereocenters. The molecule has 0 N–H and O–H groups in total. The summed E-state index contributed by atoms with van der Waals surface area (Å²) < 4.78 is 0. The Morgan fingerprint density at radius 2 is 0.929 bits per heavy atom. The number of unbranched alkanes of at least 4 members (excludes halogenated alkanes) is 3. The normalized spacial score (nSPS) is 7.29. The maximum absolute atomic E-state index is 2.66. The van der Waals surface area contributed by atoms with Gasteiger partial charge in [0, 0.05) is 0 Å². The third kappa shape index (κ3) is 138. The van der Waals surface area contributed by atoms with E-state index in [4.69, 9.17) is 0 Å². The monoisotopic (exact) mass is 222 g/mol. The zero-order chi connectivity index (χ0) is 12.4. The Labute approximate surface area is 96.5 Å². The highest BCUT2D eigenvalue weighted by Gasteiger charge is 1.75. The zero-order valence-electron chi connectivity index (χ0n) is 12.0. The van der Waals surface area contributed by atoms with Crippen molar-refractivity contribution in [2.45, 2.75) is 86.7 Å². The third-order valence-corrected chi connectivity index (χ3v) is 0.957. The SMILES string of the molecule is CC.CC.CC(C)P.CCCCCC. The van der Waals surface area contributed by atoms with E-state index in [0.717, 1.165) is 5.66 Å². The van der Waals surface area contributed by atoms with Gasteiger partial charge in [-0.25, -0.2) is 0 Å². The molecule has 0 aromatic carbocycles. The van der Waals surface area contributed by atoms with E-state index >= 15 is 0 Å². The van der Waals surface area contributed by atoms with Gasteiger partial charge in [0.1, 0.15) is 0 Å². The second-order valence-electron chi connectivity index (χ2n) is 2.95. The van der Waals surface area contributed by atoms with Crippen LogP contribution in [0.25, 0.3) is 0 Å². The van der Waals surface area contributed by atoms with E-state index in [9.17, 15) is 0 Å². The van der Waals surface area contributed by atoms with Crippen LogP contribution in [-0.4, -0.2) is 5.66 Å². The van der Waals surface area contributed by atoms with Gasteiger partial charge in [0.05, 0.1) is 0 Å². The predicted molar refractivity (Wildman–Crippen MR) is 77.4 cm³/mol. The molecule has 0 aliphatic rings. The van der Waals surface area contributed by atoms with Gasteiger partial charge in [-0.15, -0.1) is 9.24 Å². The molecule has 92 valence electrons. The molecule has 0 radical (unpaired) electrons. The Bertz CT molecular complexity index is 35.7. The second kappa shape index (κ2) is 37.6. The molecule has 0 saturated heterocycles. The minimum atomic E-state index is 0.750. The molecule has 1 unspecified atom stereocenters. The first-order valence-corrected chi connectivity index (χ1v) is 7.07. The van der Waals surface area contributed by atoms with Crippen molar-refractivity contribution in [2.75, 3.05) is 0 Å².